The van der Waals surface area contributed by atoms with Crippen molar-refractivity contribution < 1.29 is 13.2 Å². The second kappa shape index (κ2) is 4.97. The van der Waals surface area contributed by atoms with Crippen LogP contribution in [0.4, 0.5) is 13.2 Å². The molecule has 1 aromatic heterocycles. The Hall–Kier alpha value is -0.880. The van der Waals surface area contributed by atoms with Crippen molar-refractivity contribution in [3.8, 4) is 0 Å². The van der Waals surface area contributed by atoms with E-state index in [0.29, 0.717) is 6.54 Å². The number of aromatic nitrogens is 2. The third kappa shape index (κ3) is 2.82. The predicted octanol–water partition coefficient (Wildman–Crippen LogP) is 1.99. The van der Waals surface area contributed by atoms with Crippen LogP contribution in [0.1, 0.15) is 23.9 Å². The van der Waals surface area contributed by atoms with Crippen molar-refractivity contribution in [3.63, 3.8) is 0 Å². The van der Waals surface area contributed by atoms with Crippen LogP contribution >= 0.6 is 12.4 Å². The van der Waals surface area contributed by atoms with Crippen LogP contribution in [0, 0.1) is 0 Å². The lowest BCUT2D eigenvalue weighted by Gasteiger charge is -2.10. The Bertz CT molecular complexity index is 350. The molecule has 1 N–H and O–H groups in total. The zero-order valence-corrected chi connectivity index (χ0v) is 9.11. The SMILES string of the molecule is Cl.FC(F)(F)c1ccnc(C2CCNC2)n1. The van der Waals surface area contributed by atoms with E-state index in [1.807, 2.05) is 0 Å². The summed E-state index contributed by atoms with van der Waals surface area (Å²) in [7, 11) is 0. The van der Waals surface area contributed by atoms with Crippen molar-refractivity contribution in [1.82, 2.24) is 15.3 Å². The Kier molecular flexibility index (Phi) is 4.09. The van der Waals surface area contributed by atoms with Crippen LogP contribution in [0.15, 0.2) is 12.3 Å². The second-order valence-corrected chi connectivity index (χ2v) is 3.49. The monoisotopic (exact) mass is 253 g/mol. The van der Waals surface area contributed by atoms with Crippen molar-refractivity contribution in [3.05, 3.63) is 23.8 Å². The van der Waals surface area contributed by atoms with Crippen LogP contribution in [-0.2, 0) is 6.18 Å². The van der Waals surface area contributed by atoms with Crippen molar-refractivity contribution in [2.75, 3.05) is 13.1 Å². The minimum atomic E-state index is -4.39. The number of alkyl halides is 3. The normalized spacial score (nSPS) is 20.6. The third-order valence-electron chi connectivity index (χ3n) is 2.39. The van der Waals surface area contributed by atoms with Gasteiger partial charge in [0.25, 0.3) is 0 Å². The van der Waals surface area contributed by atoms with E-state index in [1.165, 1.54) is 6.20 Å². The van der Waals surface area contributed by atoms with E-state index in [1.54, 1.807) is 0 Å². The first kappa shape index (κ1) is 13.2. The van der Waals surface area contributed by atoms with Crippen LogP contribution in [0.25, 0.3) is 0 Å². The maximum atomic E-state index is 12.3. The van der Waals surface area contributed by atoms with Gasteiger partial charge in [-0.15, -0.1) is 12.4 Å². The molecule has 0 aliphatic carbocycles. The minimum Gasteiger partial charge on any atom is -0.316 e. The van der Waals surface area contributed by atoms with E-state index in [2.05, 4.69) is 15.3 Å². The van der Waals surface area contributed by atoms with Gasteiger partial charge < -0.3 is 5.32 Å². The lowest BCUT2D eigenvalue weighted by atomic mass is 10.1. The molecule has 7 heteroatoms. The maximum Gasteiger partial charge on any atom is 0.433 e. The van der Waals surface area contributed by atoms with Gasteiger partial charge in [0.2, 0.25) is 0 Å². The van der Waals surface area contributed by atoms with Crippen molar-refractivity contribution in [2.24, 2.45) is 0 Å². The van der Waals surface area contributed by atoms with Crippen LogP contribution in [0.2, 0.25) is 0 Å². The standard InChI is InChI=1S/C9H10F3N3.ClH/c10-9(11,12)7-2-4-14-8(15-7)6-1-3-13-5-6;/h2,4,6,13H,1,3,5H2;1H. The van der Waals surface area contributed by atoms with E-state index in [-0.39, 0.29) is 24.1 Å². The van der Waals surface area contributed by atoms with Gasteiger partial charge in [0, 0.05) is 18.7 Å². The minimum absolute atomic E-state index is 0. The van der Waals surface area contributed by atoms with Gasteiger partial charge in [-0.25, -0.2) is 9.97 Å². The Balaban J connectivity index is 0.00000128. The number of hydrogen-bond donors (Lipinski definition) is 1. The lowest BCUT2D eigenvalue weighted by Crippen LogP contribution is -2.14. The number of nitrogens with zero attached hydrogens (tertiary/aromatic N) is 2. The number of nitrogens with one attached hydrogen (secondary N) is 1. The summed E-state index contributed by atoms with van der Waals surface area (Å²) in [5.74, 6) is 0.294. The predicted molar refractivity (Wildman–Crippen MR) is 54.5 cm³/mol. The maximum absolute atomic E-state index is 12.3. The smallest absolute Gasteiger partial charge is 0.316 e. The molecule has 2 rings (SSSR count). The van der Waals surface area contributed by atoms with Crippen molar-refractivity contribution >= 4 is 12.4 Å². The molecule has 0 saturated carbocycles. The average Bonchev–Trinajstić information content (AvgIpc) is 2.69. The summed E-state index contributed by atoms with van der Waals surface area (Å²) < 4.78 is 37.0. The molecule has 1 aliphatic heterocycles. The molecule has 1 fully saturated rings. The number of hydrogen-bond acceptors (Lipinski definition) is 3. The zero-order chi connectivity index (χ0) is 10.9. The molecule has 1 atom stereocenters. The molecule has 16 heavy (non-hydrogen) atoms. The fraction of sp³-hybridized carbons (Fsp3) is 0.556. The quantitative estimate of drug-likeness (QED) is 0.832. The number of rotatable bonds is 1. The second-order valence-electron chi connectivity index (χ2n) is 3.49. The van der Waals surface area contributed by atoms with Crippen LogP contribution in [0.5, 0.6) is 0 Å². The average molecular weight is 254 g/mol. The lowest BCUT2D eigenvalue weighted by molar-refractivity contribution is -0.141. The van der Waals surface area contributed by atoms with E-state index >= 15 is 0 Å². The first-order chi connectivity index (χ1) is 7.07. The molecule has 3 nitrogen and oxygen atoms in total. The molecule has 1 aliphatic rings. The van der Waals surface area contributed by atoms with Gasteiger partial charge >= 0.3 is 6.18 Å². The van der Waals surface area contributed by atoms with Gasteiger partial charge in [-0.05, 0) is 19.0 Å². The van der Waals surface area contributed by atoms with Gasteiger partial charge in [0.1, 0.15) is 11.5 Å². The summed E-state index contributed by atoms with van der Waals surface area (Å²) in [6.07, 6.45) is -2.42. The molecule has 0 radical (unpaired) electrons. The summed E-state index contributed by atoms with van der Waals surface area (Å²) in [5.41, 5.74) is -0.862. The molecule has 0 spiro atoms. The van der Waals surface area contributed by atoms with E-state index in [4.69, 9.17) is 0 Å². The highest BCUT2D eigenvalue weighted by atomic mass is 35.5. The van der Waals surface area contributed by atoms with Gasteiger partial charge in [-0.1, -0.05) is 0 Å². The van der Waals surface area contributed by atoms with E-state index in [0.717, 1.165) is 19.0 Å². The molecular weight excluding hydrogens is 243 g/mol. The first-order valence-corrected chi connectivity index (χ1v) is 4.68. The fourth-order valence-electron chi connectivity index (χ4n) is 1.60. The molecule has 1 aromatic rings. The fourth-order valence-corrected chi connectivity index (χ4v) is 1.60. The molecule has 2 heterocycles. The zero-order valence-electron chi connectivity index (χ0n) is 8.29. The summed E-state index contributed by atoms with van der Waals surface area (Å²) in [5, 5.41) is 3.07. The Morgan fingerprint density at radius 1 is 1.38 bits per heavy atom. The van der Waals surface area contributed by atoms with Crippen molar-refractivity contribution in [1.29, 1.82) is 0 Å². The molecule has 1 unspecified atom stereocenters. The Morgan fingerprint density at radius 2 is 2.12 bits per heavy atom. The highest BCUT2D eigenvalue weighted by Crippen LogP contribution is 2.28. The molecule has 0 aromatic carbocycles. The van der Waals surface area contributed by atoms with Crippen LogP contribution < -0.4 is 5.32 Å². The molecule has 1 saturated heterocycles. The molecule has 90 valence electrons. The largest absolute Gasteiger partial charge is 0.433 e. The van der Waals surface area contributed by atoms with E-state index in [9.17, 15) is 13.2 Å². The Morgan fingerprint density at radius 3 is 2.69 bits per heavy atom. The third-order valence-corrected chi connectivity index (χ3v) is 2.39. The van der Waals surface area contributed by atoms with Crippen molar-refractivity contribution in [2.45, 2.75) is 18.5 Å². The summed E-state index contributed by atoms with van der Waals surface area (Å²) in [6.45, 7) is 1.46. The van der Waals surface area contributed by atoms with Gasteiger partial charge in [-0.3, -0.25) is 0 Å². The first-order valence-electron chi connectivity index (χ1n) is 4.68. The topological polar surface area (TPSA) is 37.8 Å². The van der Waals surface area contributed by atoms with Crippen LogP contribution in [0.3, 0.4) is 0 Å². The molecule has 0 amide bonds. The number of halogens is 4. The van der Waals surface area contributed by atoms with Gasteiger partial charge in [0.05, 0.1) is 0 Å². The van der Waals surface area contributed by atoms with Gasteiger partial charge in [0.15, 0.2) is 0 Å². The summed E-state index contributed by atoms with van der Waals surface area (Å²) >= 11 is 0. The summed E-state index contributed by atoms with van der Waals surface area (Å²) in [4.78, 5) is 7.43. The van der Waals surface area contributed by atoms with Gasteiger partial charge in [-0.2, -0.15) is 13.2 Å². The Labute approximate surface area is 96.9 Å². The highest BCUT2D eigenvalue weighted by molar-refractivity contribution is 5.85. The van der Waals surface area contributed by atoms with Crippen LogP contribution in [-0.4, -0.2) is 23.1 Å². The molecule has 0 bridgehead atoms. The van der Waals surface area contributed by atoms with E-state index < -0.39 is 11.9 Å². The summed E-state index contributed by atoms with van der Waals surface area (Å²) in [6, 6.07) is 0.895. The molecular formula is C9H11ClF3N3. The highest BCUT2D eigenvalue weighted by Gasteiger charge is 2.33.